The molecule has 628 valence electrons. The third kappa shape index (κ3) is 19.6. The average molecular weight is 1730 g/mol. The Morgan fingerprint density at radius 1 is 0.293 bits per heavy atom. The van der Waals surface area contributed by atoms with Crippen molar-refractivity contribution in [1.82, 2.24) is 9.13 Å². The van der Waals surface area contributed by atoms with Crippen molar-refractivity contribution in [3.05, 3.63) is 191 Å². The molecule has 0 saturated heterocycles. The molecule has 0 atom stereocenters. The van der Waals surface area contributed by atoms with E-state index in [4.69, 9.17) is 9.47 Å². The van der Waals surface area contributed by atoms with E-state index in [2.05, 4.69) is 340 Å². The number of benzene rings is 8. The fourth-order valence-corrected chi connectivity index (χ4v) is 22.8. The topological polar surface area (TPSA) is 75.9 Å². The van der Waals surface area contributed by atoms with Gasteiger partial charge in [0.25, 0.3) is 11.5 Å². The summed E-state index contributed by atoms with van der Waals surface area (Å²) >= 11 is 0. The number of fused-ring (bicyclic) bond motifs is 8. The van der Waals surface area contributed by atoms with Crippen LogP contribution in [0, 0.1) is 61.2 Å². The third-order valence-electron chi connectivity index (χ3n) is 25.3. The number of hydrogen-bond acceptors (Lipinski definition) is 2. The van der Waals surface area contributed by atoms with Crippen LogP contribution in [0.25, 0.3) is 77.2 Å². The van der Waals surface area contributed by atoms with Crippen LogP contribution >= 0.6 is 0 Å². The molecule has 0 saturated carbocycles. The molecule has 0 unspecified atom stereocenters. The van der Waals surface area contributed by atoms with Crippen molar-refractivity contribution in [1.29, 1.82) is 0 Å². The van der Waals surface area contributed by atoms with E-state index >= 15 is 0 Å². The standard InChI is InChI=1S/C107H146N2O4.2CH3.Hf/c1-66-50-84(82-52-72(106(29,30)64-100(15,16)17)58-90(92(82)110)108-86-54-68(102(21,22)60-96(3,4)5)40-44-76(86)77-45-41-69(55-87(77)108)103(23,24)61-97(6,7)8)94(80-38-33-36-74(66)80)112-48-35-49-113-95-81-39-34-37-75(81)67(2)51-85(95)83-53-73(107(31,32)65-101(18,19)20)59-91(93(83)111)109-88-56-70(104(25,26)62-98(9,10)11)42-46-78(88)79-47-43-71(57-89(79)109)105(27,28)63-99(12,13)14;;;/h40-47,50-59,110-111H,33-39,48-49,60-65H2,1-32H3;2*1H3;/q;2*-1;/p+2. The van der Waals surface area contributed by atoms with Gasteiger partial charge in [0, 0.05) is 58.5 Å². The maximum Gasteiger partial charge on any atom is 0.266 e. The van der Waals surface area contributed by atoms with E-state index in [1.54, 1.807) is 0 Å². The molecule has 0 fully saturated rings. The van der Waals surface area contributed by atoms with Crippen molar-refractivity contribution in [2.75, 3.05) is 13.2 Å². The average Bonchev–Trinajstić information content (AvgIpc) is 1.57. The van der Waals surface area contributed by atoms with E-state index in [1.165, 1.54) is 88.3 Å². The summed E-state index contributed by atoms with van der Waals surface area (Å²) in [6.45, 7) is 77.0. The number of aromatic nitrogens is 2. The van der Waals surface area contributed by atoms with Crippen LogP contribution in [0.15, 0.2) is 109 Å². The molecule has 6 nitrogen and oxygen atoms in total. The normalized spacial score (nSPS) is 14.3. The molecule has 2 aromatic heterocycles. The number of phenolic OH excluding ortho intramolecular Hbond substituents is 2. The van der Waals surface area contributed by atoms with Gasteiger partial charge in [-0.3, -0.25) is 0 Å². The summed E-state index contributed by atoms with van der Waals surface area (Å²) < 4.78 is 16.6. The predicted molar refractivity (Wildman–Crippen MR) is 502 cm³/mol. The molecule has 2 aliphatic carbocycles. The number of aromatic hydroxyl groups is 4. The first-order valence-corrected chi connectivity index (χ1v) is 43.4. The van der Waals surface area contributed by atoms with Crippen LogP contribution in [0.5, 0.6) is 23.0 Å². The van der Waals surface area contributed by atoms with Gasteiger partial charge in [0.15, 0.2) is 13.2 Å². The van der Waals surface area contributed by atoms with Gasteiger partial charge in [-0.15, -0.1) is 0 Å². The number of nitrogens with zero attached hydrogens (tertiary/aromatic N) is 2. The molecule has 12 rings (SSSR count). The van der Waals surface area contributed by atoms with Gasteiger partial charge in [0.05, 0.1) is 55.7 Å². The molecule has 8 aromatic carbocycles. The zero-order chi connectivity index (χ0) is 83.2. The molecular formula is C109H154HfN2O4. The molecular weight excluding hydrogens is 1580 g/mol. The SMILES string of the molecule is Cc1cc(-c2cc(C(C)(C)CC(C)(C)C)cc(-n3c4cc(C(C)(C)CC(C)(C)C)ccc4c4ccc(C(C)(C)CC(C)(C)C)cc43)c2O)c([OH+]CCC[OH+]c2c(-c3cc(C(C)(C)CC(C)(C)C)cc(-n4c5cc(C(C)(C)CC(C)(C)C)ccc5c5ccc(C(C)(C)CC(C)(C)C)cc54)c3O)cc(C)c3c2CCC3)c2c1CCC2.[CH3-].[CH3-].[Hf]. The van der Waals surface area contributed by atoms with Gasteiger partial charge in [-0.2, -0.15) is 0 Å². The van der Waals surface area contributed by atoms with E-state index in [9.17, 15) is 10.2 Å². The molecule has 116 heavy (non-hydrogen) atoms. The Morgan fingerprint density at radius 2 is 0.526 bits per heavy atom. The van der Waals surface area contributed by atoms with Crippen LogP contribution < -0.4 is 0 Å². The van der Waals surface area contributed by atoms with Crippen molar-refractivity contribution in [3.63, 3.8) is 0 Å². The predicted octanol–water partition coefficient (Wildman–Crippen LogP) is 31.0. The molecule has 10 aromatic rings. The number of rotatable bonds is 22. The molecule has 0 aliphatic heterocycles. The summed E-state index contributed by atoms with van der Waals surface area (Å²) in [5, 5.41) is 32.7. The minimum atomic E-state index is -0.276. The summed E-state index contributed by atoms with van der Waals surface area (Å²) in [6.07, 6.45) is 12.8. The van der Waals surface area contributed by atoms with E-state index in [0.29, 0.717) is 13.2 Å². The summed E-state index contributed by atoms with van der Waals surface area (Å²) in [5.41, 5.74) is 24.8. The van der Waals surface area contributed by atoms with Crippen LogP contribution in [-0.2, 0) is 84.0 Å². The summed E-state index contributed by atoms with van der Waals surface area (Å²) in [6, 6.07) is 42.9. The number of ether oxygens (including phenoxy) is 2. The quantitative estimate of drug-likeness (QED) is 0.0307. The van der Waals surface area contributed by atoms with Gasteiger partial charge in [-0.05, 0) is 272 Å². The fraction of sp³-hybridized carbons (Fsp3) is 0.541. The first-order chi connectivity index (χ1) is 51.8. The Balaban J connectivity index is 0.00000513. The van der Waals surface area contributed by atoms with Crippen molar-refractivity contribution in [2.24, 2.45) is 32.5 Å². The molecule has 0 amide bonds. The second-order valence-electron chi connectivity index (χ2n) is 47.0. The van der Waals surface area contributed by atoms with Crippen molar-refractivity contribution in [2.45, 2.75) is 338 Å². The van der Waals surface area contributed by atoms with E-state index < -0.39 is 0 Å². The Bertz CT molecular complexity index is 4800. The number of phenols is 2. The van der Waals surface area contributed by atoms with Gasteiger partial charge >= 0.3 is 0 Å². The Morgan fingerprint density at radius 3 is 0.767 bits per heavy atom. The Hall–Kier alpha value is -6.57. The third-order valence-corrected chi connectivity index (χ3v) is 25.3. The van der Waals surface area contributed by atoms with Crippen molar-refractivity contribution < 1.29 is 45.5 Å². The van der Waals surface area contributed by atoms with Gasteiger partial charge in [0.1, 0.15) is 17.9 Å². The first-order valence-electron chi connectivity index (χ1n) is 43.4. The monoisotopic (exact) mass is 1740 g/mol. The van der Waals surface area contributed by atoms with Crippen LogP contribution in [0.4, 0.5) is 0 Å². The Kier molecular flexibility index (Phi) is 26.1. The molecule has 7 heteroatoms. The van der Waals surface area contributed by atoms with E-state index in [0.717, 1.165) is 151 Å². The molecule has 4 N–H and O–H groups in total. The van der Waals surface area contributed by atoms with Crippen LogP contribution in [0.2, 0.25) is 0 Å². The minimum absolute atomic E-state index is 0. The molecule has 2 heterocycles. The van der Waals surface area contributed by atoms with Crippen molar-refractivity contribution in [3.8, 4) is 56.6 Å². The van der Waals surface area contributed by atoms with Crippen LogP contribution in [-0.4, -0.2) is 42.0 Å². The molecule has 2 aliphatic rings. The van der Waals surface area contributed by atoms with Crippen LogP contribution in [0.1, 0.15) is 332 Å². The largest absolute Gasteiger partial charge is 0.582 e. The van der Waals surface area contributed by atoms with E-state index in [1.807, 2.05) is 0 Å². The van der Waals surface area contributed by atoms with Gasteiger partial charge < -0.3 is 43.7 Å². The second kappa shape index (κ2) is 32.4. The maximum absolute atomic E-state index is 14.0. The molecule has 0 radical (unpaired) electrons. The van der Waals surface area contributed by atoms with Gasteiger partial charge in [0.2, 0.25) is 0 Å². The first kappa shape index (κ1) is 93.3. The zero-order valence-electron chi connectivity index (χ0n) is 79.2. The van der Waals surface area contributed by atoms with E-state index in [-0.39, 0.29) is 117 Å². The maximum atomic E-state index is 14.0. The van der Waals surface area contributed by atoms with Crippen LogP contribution in [0.3, 0.4) is 0 Å². The zero-order valence-corrected chi connectivity index (χ0v) is 82.8. The van der Waals surface area contributed by atoms with Crippen molar-refractivity contribution >= 4 is 43.6 Å². The molecule has 0 spiro atoms. The number of aliphatic hydroxyl groups is 2. The minimum Gasteiger partial charge on any atom is -0.582 e. The number of hydrogen-bond donors (Lipinski definition) is 2. The smallest absolute Gasteiger partial charge is 0.266 e. The second-order valence-corrected chi connectivity index (χ2v) is 47.0. The summed E-state index contributed by atoms with van der Waals surface area (Å²) in [4.78, 5) is 0. The summed E-state index contributed by atoms with van der Waals surface area (Å²) in [7, 11) is 0. The Labute approximate surface area is 723 Å². The number of aryl methyl sites for hydroxylation is 2. The molecule has 0 bridgehead atoms. The summed E-state index contributed by atoms with van der Waals surface area (Å²) in [5.74, 6) is 2.59. The fourth-order valence-electron chi connectivity index (χ4n) is 22.8. The van der Waals surface area contributed by atoms with Gasteiger partial charge in [-0.1, -0.05) is 256 Å². The van der Waals surface area contributed by atoms with Gasteiger partial charge in [-0.25, -0.2) is 0 Å².